The second-order valence-electron chi connectivity index (χ2n) is 4.37. The van der Waals surface area contributed by atoms with Crippen LogP contribution in [-0.4, -0.2) is 12.3 Å². The topological polar surface area (TPSA) is 12.4 Å². The summed E-state index contributed by atoms with van der Waals surface area (Å²) in [6, 6.07) is 10.2. The lowest BCUT2D eigenvalue weighted by atomic mass is 10.1. The van der Waals surface area contributed by atoms with Crippen molar-refractivity contribution in [2.24, 2.45) is 10.9 Å². The molecule has 1 heteroatoms. The summed E-state index contributed by atoms with van der Waals surface area (Å²) in [5.41, 5.74) is 2.05. The van der Waals surface area contributed by atoms with Gasteiger partial charge in [0.2, 0.25) is 0 Å². The number of benzene rings is 1. The molecule has 17 heavy (non-hydrogen) atoms. The van der Waals surface area contributed by atoms with Gasteiger partial charge in [-0.05, 0) is 12.3 Å². The molecule has 0 aliphatic carbocycles. The van der Waals surface area contributed by atoms with Crippen LogP contribution < -0.4 is 0 Å². The summed E-state index contributed by atoms with van der Waals surface area (Å²) in [5, 5.41) is 0. The van der Waals surface area contributed by atoms with Gasteiger partial charge < -0.3 is 0 Å². The molecule has 0 heterocycles. The van der Waals surface area contributed by atoms with Crippen molar-refractivity contribution in [1.29, 1.82) is 0 Å². The van der Waals surface area contributed by atoms with E-state index in [1.54, 1.807) is 0 Å². The fourth-order valence-electron chi connectivity index (χ4n) is 1.36. The normalized spacial score (nSPS) is 11.2. The highest BCUT2D eigenvalue weighted by molar-refractivity contribution is 6.13. The molecule has 0 saturated carbocycles. The summed E-state index contributed by atoms with van der Waals surface area (Å²) in [4.78, 5) is 4.60. The molecular weight excluding hydrogens is 206 g/mol. The predicted molar refractivity (Wildman–Crippen MR) is 75.4 cm³/mol. The lowest BCUT2D eigenvalue weighted by Crippen LogP contribution is -1.99. The van der Waals surface area contributed by atoms with Gasteiger partial charge in [0, 0.05) is 18.0 Å². The smallest absolute Gasteiger partial charge is 0.114 e. The summed E-state index contributed by atoms with van der Waals surface area (Å²) < 4.78 is 0. The van der Waals surface area contributed by atoms with Crippen LogP contribution >= 0.6 is 0 Å². The largest absolute Gasteiger partial charge is 0.276 e. The maximum absolute atomic E-state index is 4.60. The molecule has 1 aromatic rings. The van der Waals surface area contributed by atoms with E-state index in [0.29, 0.717) is 5.92 Å². The van der Waals surface area contributed by atoms with Gasteiger partial charge in [0.05, 0.1) is 0 Å². The minimum Gasteiger partial charge on any atom is -0.276 e. The van der Waals surface area contributed by atoms with E-state index in [1.807, 2.05) is 18.2 Å². The second kappa shape index (κ2) is 7.68. The Hall–Kier alpha value is -1.55. The molecule has 0 spiro atoms. The van der Waals surface area contributed by atoms with E-state index in [1.165, 1.54) is 6.42 Å². The van der Waals surface area contributed by atoms with Crippen LogP contribution in [-0.2, 0) is 0 Å². The second-order valence-corrected chi connectivity index (χ2v) is 4.37. The molecule has 0 atom stereocenters. The maximum Gasteiger partial charge on any atom is 0.114 e. The van der Waals surface area contributed by atoms with Gasteiger partial charge in [-0.1, -0.05) is 63.4 Å². The minimum absolute atomic E-state index is 0.384. The molecule has 0 aromatic heterocycles. The van der Waals surface area contributed by atoms with Crippen molar-refractivity contribution < 1.29 is 0 Å². The Kier molecular flexibility index (Phi) is 6.10. The molecule has 0 fully saturated rings. The van der Waals surface area contributed by atoms with Gasteiger partial charge in [-0.15, -0.1) is 0 Å². The number of hydrogen-bond donors (Lipinski definition) is 0. The monoisotopic (exact) mass is 227 g/mol. The van der Waals surface area contributed by atoms with Gasteiger partial charge in [-0.2, -0.15) is 0 Å². The third-order valence-corrected chi connectivity index (χ3v) is 2.31. The summed E-state index contributed by atoms with van der Waals surface area (Å²) in [6.07, 6.45) is 2.29. The minimum atomic E-state index is 0.384. The van der Waals surface area contributed by atoms with Crippen LogP contribution in [0.25, 0.3) is 0 Å². The number of aliphatic imine (C=N–C) groups is 1. The summed E-state index contributed by atoms with van der Waals surface area (Å²) in [7, 11) is 0. The molecule has 0 radical (unpaired) electrons. The van der Waals surface area contributed by atoms with Gasteiger partial charge in [0.1, 0.15) is 5.71 Å². The third kappa shape index (κ3) is 5.36. The van der Waals surface area contributed by atoms with E-state index in [9.17, 15) is 0 Å². The Balaban J connectivity index is 2.88. The molecule has 0 N–H and O–H groups in total. The average Bonchev–Trinajstić information content (AvgIpc) is 2.34. The number of rotatable bonds is 4. The van der Waals surface area contributed by atoms with Crippen LogP contribution in [0.1, 0.15) is 39.2 Å². The molecule has 0 unspecified atom stereocenters. The molecule has 0 aliphatic heterocycles. The van der Waals surface area contributed by atoms with E-state index in [-0.39, 0.29) is 0 Å². The average molecular weight is 227 g/mol. The maximum atomic E-state index is 4.60. The molecule has 1 rings (SSSR count). The Bertz CT molecular complexity index is 404. The lowest BCUT2D eigenvalue weighted by molar-refractivity contribution is 0.809. The molecule has 90 valence electrons. The van der Waals surface area contributed by atoms with Crippen LogP contribution in [0.5, 0.6) is 0 Å². The zero-order valence-electron chi connectivity index (χ0n) is 11.0. The number of unbranched alkanes of at least 4 members (excludes halogenated alkanes) is 1. The van der Waals surface area contributed by atoms with Gasteiger partial charge in [-0.3, -0.25) is 4.99 Å². The first-order valence-corrected chi connectivity index (χ1v) is 6.35. The van der Waals surface area contributed by atoms with Crippen LogP contribution in [0.15, 0.2) is 35.3 Å². The van der Waals surface area contributed by atoms with E-state index < -0.39 is 0 Å². The first kappa shape index (κ1) is 13.5. The van der Waals surface area contributed by atoms with Crippen LogP contribution in [0.3, 0.4) is 0 Å². The highest BCUT2D eigenvalue weighted by Crippen LogP contribution is 2.02. The summed E-state index contributed by atoms with van der Waals surface area (Å²) in [5.74, 6) is 6.77. The highest BCUT2D eigenvalue weighted by Gasteiger charge is 1.98. The number of nitrogens with zero attached hydrogens (tertiary/aromatic N) is 1. The Morgan fingerprint density at radius 2 is 1.94 bits per heavy atom. The van der Waals surface area contributed by atoms with Crippen molar-refractivity contribution in [3.8, 4) is 11.8 Å². The van der Waals surface area contributed by atoms with Crippen molar-refractivity contribution in [2.75, 3.05) is 6.54 Å². The fraction of sp³-hybridized carbons (Fsp3) is 0.438. The van der Waals surface area contributed by atoms with E-state index in [4.69, 9.17) is 0 Å². The lowest BCUT2D eigenvalue weighted by Gasteiger charge is -2.00. The molecule has 0 saturated heterocycles. The van der Waals surface area contributed by atoms with E-state index in [0.717, 1.165) is 24.2 Å². The molecular formula is C16H21N. The van der Waals surface area contributed by atoms with Crippen molar-refractivity contribution in [2.45, 2.75) is 33.6 Å². The van der Waals surface area contributed by atoms with Crippen molar-refractivity contribution in [3.05, 3.63) is 35.9 Å². The third-order valence-electron chi connectivity index (χ3n) is 2.31. The summed E-state index contributed by atoms with van der Waals surface area (Å²) in [6.45, 7) is 7.24. The van der Waals surface area contributed by atoms with Crippen molar-refractivity contribution in [1.82, 2.24) is 0 Å². The fourth-order valence-corrected chi connectivity index (χ4v) is 1.36. The first-order valence-electron chi connectivity index (χ1n) is 6.35. The van der Waals surface area contributed by atoms with Crippen LogP contribution in [0.4, 0.5) is 0 Å². The quantitative estimate of drug-likeness (QED) is 0.420. The molecule has 0 bridgehead atoms. The van der Waals surface area contributed by atoms with Crippen LogP contribution in [0, 0.1) is 17.8 Å². The molecule has 1 nitrogen and oxygen atoms in total. The predicted octanol–water partition coefficient (Wildman–Crippen LogP) is 3.94. The standard InChI is InChI=1S/C16H21N/c1-4-5-13-17-16(12-11-14(2)3)15-9-7-6-8-10-15/h6-10,14H,4-5,13H2,1-3H3. The Morgan fingerprint density at radius 3 is 2.53 bits per heavy atom. The van der Waals surface area contributed by atoms with Crippen molar-refractivity contribution in [3.63, 3.8) is 0 Å². The molecule has 1 aromatic carbocycles. The SMILES string of the molecule is CCCCN=C(C#CC(C)C)c1ccccc1. The Morgan fingerprint density at radius 1 is 1.24 bits per heavy atom. The Labute approximate surface area is 105 Å². The van der Waals surface area contributed by atoms with Gasteiger partial charge in [0.15, 0.2) is 0 Å². The highest BCUT2D eigenvalue weighted by atomic mass is 14.7. The van der Waals surface area contributed by atoms with Gasteiger partial charge in [-0.25, -0.2) is 0 Å². The molecule has 0 aliphatic rings. The van der Waals surface area contributed by atoms with E-state index in [2.05, 4.69) is 49.7 Å². The van der Waals surface area contributed by atoms with Crippen molar-refractivity contribution >= 4 is 5.71 Å². The van der Waals surface area contributed by atoms with Gasteiger partial charge in [0.25, 0.3) is 0 Å². The van der Waals surface area contributed by atoms with Crippen LogP contribution in [0.2, 0.25) is 0 Å². The summed E-state index contributed by atoms with van der Waals surface area (Å²) >= 11 is 0. The first-order chi connectivity index (χ1) is 8.24. The van der Waals surface area contributed by atoms with Gasteiger partial charge >= 0.3 is 0 Å². The number of hydrogen-bond acceptors (Lipinski definition) is 1. The zero-order valence-corrected chi connectivity index (χ0v) is 11.0. The molecule has 0 amide bonds. The zero-order chi connectivity index (χ0) is 12.5. The van der Waals surface area contributed by atoms with E-state index >= 15 is 0 Å².